The zero-order chi connectivity index (χ0) is 13.1. The van der Waals surface area contributed by atoms with Crippen molar-refractivity contribution in [3.8, 4) is 17.6 Å². The van der Waals surface area contributed by atoms with Gasteiger partial charge in [0.25, 0.3) is 0 Å². The second-order valence-corrected chi connectivity index (χ2v) is 4.12. The van der Waals surface area contributed by atoms with Crippen LogP contribution in [-0.2, 0) is 0 Å². The van der Waals surface area contributed by atoms with E-state index in [1.165, 1.54) is 0 Å². The van der Waals surface area contributed by atoms with Crippen molar-refractivity contribution < 1.29 is 4.74 Å². The van der Waals surface area contributed by atoms with Crippen molar-refractivity contribution in [1.82, 2.24) is 0 Å². The second-order valence-electron chi connectivity index (χ2n) is 4.12. The Balaban J connectivity index is 1.99. The molecular formula is C17H10NO. The molecule has 0 heterocycles. The van der Waals surface area contributed by atoms with Gasteiger partial charge in [0, 0.05) is 6.07 Å². The lowest BCUT2D eigenvalue weighted by molar-refractivity contribution is 0.481. The standard InChI is InChI=1S/C17H10NO/c18-12-15-7-3-4-8-17(15)19-16-10-9-13-5-1-2-6-14(13)11-16/h1-10H. The van der Waals surface area contributed by atoms with E-state index in [1.807, 2.05) is 48.5 Å². The van der Waals surface area contributed by atoms with Crippen molar-refractivity contribution in [3.63, 3.8) is 0 Å². The van der Waals surface area contributed by atoms with Crippen LogP contribution in [-0.4, -0.2) is 0 Å². The molecule has 0 unspecified atom stereocenters. The average Bonchev–Trinajstić information content (AvgIpc) is 2.48. The summed E-state index contributed by atoms with van der Waals surface area (Å²) in [6.45, 7) is 0. The molecule has 3 aromatic rings. The number of nitrogens with zero attached hydrogens (tertiary/aromatic N) is 1. The van der Waals surface area contributed by atoms with Crippen LogP contribution in [0.4, 0.5) is 0 Å². The molecule has 19 heavy (non-hydrogen) atoms. The molecule has 0 aliphatic carbocycles. The van der Waals surface area contributed by atoms with Gasteiger partial charge in [0.2, 0.25) is 0 Å². The SMILES string of the molecule is N#Cc1ccccc1Oc1[c]c2ccccc2cc1. The van der Waals surface area contributed by atoms with Crippen molar-refractivity contribution >= 4 is 10.8 Å². The fourth-order valence-electron chi connectivity index (χ4n) is 1.92. The highest BCUT2D eigenvalue weighted by atomic mass is 16.5. The maximum absolute atomic E-state index is 9.03. The molecule has 0 spiro atoms. The molecule has 0 aliphatic heterocycles. The maximum atomic E-state index is 9.03. The van der Waals surface area contributed by atoms with E-state index in [2.05, 4.69) is 12.1 Å². The van der Waals surface area contributed by atoms with E-state index in [9.17, 15) is 0 Å². The van der Waals surface area contributed by atoms with Crippen molar-refractivity contribution in [2.75, 3.05) is 0 Å². The number of hydrogen-bond donors (Lipinski definition) is 0. The predicted octanol–water partition coefficient (Wildman–Crippen LogP) is 4.30. The van der Waals surface area contributed by atoms with Gasteiger partial charge in [-0.15, -0.1) is 0 Å². The van der Waals surface area contributed by atoms with Crippen LogP contribution in [0.15, 0.2) is 60.7 Å². The molecule has 1 radical (unpaired) electrons. The Labute approximate surface area is 111 Å². The smallest absolute Gasteiger partial charge is 0.145 e. The highest BCUT2D eigenvalue weighted by Crippen LogP contribution is 2.27. The van der Waals surface area contributed by atoms with Gasteiger partial charge in [-0.05, 0) is 29.0 Å². The van der Waals surface area contributed by atoms with E-state index < -0.39 is 0 Å². The molecule has 2 nitrogen and oxygen atoms in total. The summed E-state index contributed by atoms with van der Waals surface area (Å²) >= 11 is 0. The number of fused-ring (bicyclic) bond motifs is 1. The molecule has 0 fully saturated rings. The van der Waals surface area contributed by atoms with Crippen LogP contribution in [0, 0.1) is 17.4 Å². The van der Waals surface area contributed by atoms with Gasteiger partial charge in [-0.25, -0.2) is 0 Å². The predicted molar refractivity (Wildman–Crippen MR) is 74.0 cm³/mol. The first-order valence-electron chi connectivity index (χ1n) is 5.95. The summed E-state index contributed by atoms with van der Waals surface area (Å²) in [5, 5.41) is 11.1. The molecule has 0 saturated heterocycles. The Morgan fingerprint density at radius 2 is 1.68 bits per heavy atom. The molecule has 89 valence electrons. The lowest BCUT2D eigenvalue weighted by atomic mass is 10.1. The zero-order valence-electron chi connectivity index (χ0n) is 10.1. The molecule has 0 N–H and O–H groups in total. The Bertz CT molecular complexity index is 771. The lowest BCUT2D eigenvalue weighted by Gasteiger charge is -2.07. The first kappa shape index (κ1) is 11.3. The number of ether oxygens (including phenoxy) is 1. The minimum atomic E-state index is 0.518. The first-order chi connectivity index (χ1) is 9.36. The number of nitriles is 1. The minimum Gasteiger partial charge on any atom is -0.455 e. The van der Waals surface area contributed by atoms with Crippen LogP contribution in [0.3, 0.4) is 0 Å². The summed E-state index contributed by atoms with van der Waals surface area (Å²) in [5.74, 6) is 1.16. The number of rotatable bonds is 2. The van der Waals surface area contributed by atoms with Crippen LogP contribution < -0.4 is 4.74 Å². The zero-order valence-corrected chi connectivity index (χ0v) is 10.1. The molecule has 3 rings (SSSR count). The fourth-order valence-corrected chi connectivity index (χ4v) is 1.92. The topological polar surface area (TPSA) is 33.0 Å². The quantitative estimate of drug-likeness (QED) is 0.673. The highest BCUT2D eigenvalue weighted by Gasteiger charge is 2.04. The first-order valence-corrected chi connectivity index (χ1v) is 5.95. The summed E-state index contributed by atoms with van der Waals surface area (Å²) in [6.07, 6.45) is 0. The normalized spacial score (nSPS) is 10.1. The summed E-state index contributed by atoms with van der Waals surface area (Å²) in [4.78, 5) is 0. The van der Waals surface area contributed by atoms with Crippen molar-refractivity contribution in [2.45, 2.75) is 0 Å². The van der Waals surface area contributed by atoms with Crippen molar-refractivity contribution in [1.29, 1.82) is 5.26 Å². The Morgan fingerprint density at radius 1 is 0.895 bits per heavy atom. The highest BCUT2D eigenvalue weighted by molar-refractivity contribution is 5.83. The number of benzene rings is 3. The molecule has 0 aromatic heterocycles. The van der Waals surface area contributed by atoms with E-state index >= 15 is 0 Å². The summed E-state index contributed by atoms with van der Waals surface area (Å²) < 4.78 is 5.73. The fraction of sp³-hybridized carbons (Fsp3) is 0. The number of para-hydroxylation sites is 1. The summed E-state index contributed by atoms with van der Waals surface area (Å²) in [7, 11) is 0. The molecule has 2 heteroatoms. The van der Waals surface area contributed by atoms with Crippen molar-refractivity contribution in [3.05, 3.63) is 72.3 Å². The Hall–Kier alpha value is -2.79. The van der Waals surface area contributed by atoms with E-state index in [4.69, 9.17) is 10.00 Å². The maximum Gasteiger partial charge on any atom is 0.145 e. The van der Waals surface area contributed by atoms with E-state index in [-0.39, 0.29) is 0 Å². The monoisotopic (exact) mass is 244 g/mol. The van der Waals surface area contributed by atoms with Crippen LogP contribution in [0.2, 0.25) is 0 Å². The minimum absolute atomic E-state index is 0.518. The van der Waals surface area contributed by atoms with Gasteiger partial charge in [-0.1, -0.05) is 42.5 Å². The van der Waals surface area contributed by atoms with E-state index in [0.29, 0.717) is 17.1 Å². The van der Waals surface area contributed by atoms with Gasteiger partial charge in [-0.3, -0.25) is 0 Å². The molecule has 3 aromatic carbocycles. The molecule has 0 atom stereocenters. The van der Waals surface area contributed by atoms with E-state index in [1.54, 1.807) is 12.1 Å². The van der Waals surface area contributed by atoms with Crippen LogP contribution in [0.1, 0.15) is 5.56 Å². The van der Waals surface area contributed by atoms with Crippen LogP contribution in [0.5, 0.6) is 11.5 Å². The van der Waals surface area contributed by atoms with Crippen LogP contribution >= 0.6 is 0 Å². The van der Waals surface area contributed by atoms with Gasteiger partial charge in [0.05, 0.1) is 5.56 Å². The summed E-state index contributed by atoms with van der Waals surface area (Å²) in [6, 6.07) is 24.3. The third-order valence-electron chi connectivity index (χ3n) is 2.86. The van der Waals surface area contributed by atoms with Gasteiger partial charge < -0.3 is 4.74 Å². The molecule has 0 saturated carbocycles. The van der Waals surface area contributed by atoms with Gasteiger partial charge in [0.1, 0.15) is 17.6 Å². The molecule has 0 aliphatic rings. The Morgan fingerprint density at radius 3 is 2.58 bits per heavy atom. The van der Waals surface area contributed by atoms with Crippen molar-refractivity contribution in [2.24, 2.45) is 0 Å². The Kier molecular flexibility index (Phi) is 2.88. The second kappa shape index (κ2) is 4.83. The largest absolute Gasteiger partial charge is 0.455 e. The molecule has 0 bridgehead atoms. The molecule has 0 amide bonds. The third kappa shape index (κ3) is 2.27. The summed E-state index contributed by atoms with van der Waals surface area (Å²) in [5.41, 5.74) is 0.518. The number of hydrogen-bond acceptors (Lipinski definition) is 2. The molecular weight excluding hydrogens is 234 g/mol. The average molecular weight is 244 g/mol. The lowest BCUT2D eigenvalue weighted by Crippen LogP contribution is -1.88. The third-order valence-corrected chi connectivity index (χ3v) is 2.86. The van der Waals surface area contributed by atoms with Gasteiger partial charge in [0.15, 0.2) is 0 Å². The van der Waals surface area contributed by atoms with Gasteiger partial charge in [-0.2, -0.15) is 5.26 Å². The van der Waals surface area contributed by atoms with Gasteiger partial charge >= 0.3 is 0 Å². The van der Waals surface area contributed by atoms with E-state index in [0.717, 1.165) is 10.8 Å². The van der Waals surface area contributed by atoms with Crippen LogP contribution in [0.25, 0.3) is 10.8 Å².